The van der Waals surface area contributed by atoms with E-state index in [2.05, 4.69) is 34.1 Å². The number of piperidine rings is 1. The van der Waals surface area contributed by atoms with Crippen molar-refractivity contribution in [3.05, 3.63) is 47.5 Å². The molecule has 136 valence electrons. The normalized spacial score (nSPS) is 15.7. The van der Waals surface area contributed by atoms with Gasteiger partial charge in [0, 0.05) is 43.1 Å². The molecule has 26 heavy (non-hydrogen) atoms. The predicted octanol–water partition coefficient (Wildman–Crippen LogP) is 3.50. The van der Waals surface area contributed by atoms with Gasteiger partial charge < -0.3 is 9.88 Å². The van der Waals surface area contributed by atoms with Gasteiger partial charge in [0.25, 0.3) is 5.91 Å². The van der Waals surface area contributed by atoms with Gasteiger partial charge in [-0.05, 0) is 44.4 Å². The van der Waals surface area contributed by atoms with Gasteiger partial charge in [-0.1, -0.05) is 6.92 Å². The molecule has 1 fully saturated rings. The summed E-state index contributed by atoms with van der Waals surface area (Å²) in [4.78, 5) is 22.7. The Hall–Kier alpha value is -2.63. The Morgan fingerprint density at radius 2 is 2.15 bits per heavy atom. The van der Waals surface area contributed by atoms with Crippen LogP contribution >= 0.6 is 0 Å². The highest BCUT2D eigenvalue weighted by Crippen LogP contribution is 2.30. The molecule has 6 nitrogen and oxygen atoms in total. The van der Waals surface area contributed by atoms with Gasteiger partial charge in [-0.15, -0.1) is 0 Å². The zero-order valence-electron chi connectivity index (χ0n) is 15.4. The average Bonchev–Trinajstić information content (AvgIpc) is 3.26. The zero-order chi connectivity index (χ0) is 18.1. The molecular weight excluding hydrogens is 326 g/mol. The number of aryl methyl sites for hydroxylation is 1. The van der Waals surface area contributed by atoms with Gasteiger partial charge >= 0.3 is 0 Å². The number of hydrogen-bond donors (Lipinski definition) is 1. The van der Waals surface area contributed by atoms with E-state index in [1.165, 1.54) is 5.69 Å². The molecule has 3 aromatic rings. The largest absolute Gasteiger partial charge is 0.357 e. The van der Waals surface area contributed by atoms with E-state index in [4.69, 9.17) is 0 Å². The van der Waals surface area contributed by atoms with E-state index in [1.54, 1.807) is 6.20 Å². The molecule has 0 radical (unpaired) electrons. The van der Waals surface area contributed by atoms with E-state index in [0.717, 1.165) is 61.2 Å². The van der Waals surface area contributed by atoms with Gasteiger partial charge in [0.2, 0.25) is 0 Å². The molecule has 0 spiro atoms. The van der Waals surface area contributed by atoms with Crippen molar-refractivity contribution in [2.45, 2.75) is 45.6 Å². The Labute approximate surface area is 153 Å². The van der Waals surface area contributed by atoms with Crippen molar-refractivity contribution >= 4 is 16.9 Å². The highest BCUT2D eigenvalue weighted by Gasteiger charge is 2.27. The van der Waals surface area contributed by atoms with Gasteiger partial charge in [-0.3, -0.25) is 14.5 Å². The standard InChI is InChI=1S/C20H25N5O/c1-3-9-25-14(2)16(13-22-25)20(26)24-10-6-15(7-11-24)18-12-19-17(23-18)5-4-8-21-19/h4-5,8,12-13,15,23H,3,6-7,9-11H2,1-2H3. The molecule has 6 heteroatoms. The van der Waals surface area contributed by atoms with Gasteiger partial charge in [0.1, 0.15) is 0 Å². The number of aromatic nitrogens is 4. The number of carbonyl (C=O) groups is 1. The van der Waals surface area contributed by atoms with Crippen molar-refractivity contribution < 1.29 is 4.79 Å². The second-order valence-electron chi connectivity index (χ2n) is 7.09. The molecule has 0 bridgehead atoms. The van der Waals surface area contributed by atoms with Gasteiger partial charge in [-0.25, -0.2) is 0 Å². The monoisotopic (exact) mass is 351 g/mol. The lowest BCUT2D eigenvalue weighted by Crippen LogP contribution is -2.38. The van der Waals surface area contributed by atoms with Crippen LogP contribution in [0.1, 0.15) is 53.8 Å². The molecule has 0 aromatic carbocycles. The summed E-state index contributed by atoms with van der Waals surface area (Å²) in [5.41, 5.74) is 5.05. The van der Waals surface area contributed by atoms with E-state index >= 15 is 0 Å². The number of H-pyrrole nitrogens is 1. The first-order valence-electron chi connectivity index (χ1n) is 9.42. The second-order valence-corrected chi connectivity index (χ2v) is 7.09. The Morgan fingerprint density at radius 3 is 2.88 bits per heavy atom. The average molecular weight is 351 g/mol. The van der Waals surface area contributed by atoms with Crippen LogP contribution < -0.4 is 0 Å². The minimum absolute atomic E-state index is 0.113. The summed E-state index contributed by atoms with van der Waals surface area (Å²) in [5, 5.41) is 4.37. The first-order chi connectivity index (χ1) is 12.7. The number of rotatable bonds is 4. The van der Waals surface area contributed by atoms with Crippen molar-refractivity contribution in [2.75, 3.05) is 13.1 Å². The van der Waals surface area contributed by atoms with Crippen molar-refractivity contribution in [3.8, 4) is 0 Å². The van der Waals surface area contributed by atoms with E-state index in [1.807, 2.05) is 28.8 Å². The lowest BCUT2D eigenvalue weighted by Gasteiger charge is -2.31. The first-order valence-corrected chi connectivity index (χ1v) is 9.42. The SMILES string of the molecule is CCCn1ncc(C(=O)N2CCC(c3cc4ncccc4[nH]3)CC2)c1C. The lowest BCUT2D eigenvalue weighted by molar-refractivity contribution is 0.0711. The number of hydrogen-bond acceptors (Lipinski definition) is 3. The number of likely N-dealkylation sites (tertiary alicyclic amines) is 1. The molecule has 1 amide bonds. The van der Waals surface area contributed by atoms with Crippen LogP contribution in [0, 0.1) is 6.92 Å². The van der Waals surface area contributed by atoms with Crippen LogP contribution in [0.25, 0.3) is 11.0 Å². The molecule has 4 rings (SSSR count). The summed E-state index contributed by atoms with van der Waals surface area (Å²) in [6.45, 7) is 6.53. The first kappa shape index (κ1) is 16.8. The van der Waals surface area contributed by atoms with Crippen LogP contribution in [0.4, 0.5) is 0 Å². The Morgan fingerprint density at radius 1 is 1.35 bits per heavy atom. The van der Waals surface area contributed by atoms with Crippen molar-refractivity contribution in [1.82, 2.24) is 24.6 Å². The second kappa shape index (κ2) is 6.94. The number of fused-ring (bicyclic) bond motifs is 1. The van der Waals surface area contributed by atoms with Crippen LogP contribution in [0.2, 0.25) is 0 Å². The van der Waals surface area contributed by atoms with Gasteiger partial charge in [0.05, 0.1) is 22.8 Å². The quantitative estimate of drug-likeness (QED) is 0.782. The fraction of sp³-hybridized carbons (Fsp3) is 0.450. The summed E-state index contributed by atoms with van der Waals surface area (Å²) < 4.78 is 1.93. The molecule has 0 atom stereocenters. The minimum Gasteiger partial charge on any atom is -0.357 e. The molecular formula is C20H25N5O. The molecule has 1 aliphatic heterocycles. The van der Waals surface area contributed by atoms with Crippen LogP contribution in [0.15, 0.2) is 30.6 Å². The summed E-state index contributed by atoms with van der Waals surface area (Å²) >= 11 is 0. The maximum Gasteiger partial charge on any atom is 0.257 e. The Bertz CT molecular complexity index is 884. The molecule has 0 unspecified atom stereocenters. The topological polar surface area (TPSA) is 66.8 Å². The maximum absolute atomic E-state index is 12.9. The zero-order valence-corrected chi connectivity index (χ0v) is 15.4. The molecule has 4 heterocycles. The van der Waals surface area contributed by atoms with E-state index < -0.39 is 0 Å². The third-order valence-electron chi connectivity index (χ3n) is 5.40. The Kier molecular flexibility index (Phi) is 4.49. The van der Waals surface area contributed by atoms with Crippen LogP contribution in [0.3, 0.4) is 0 Å². The van der Waals surface area contributed by atoms with E-state index in [0.29, 0.717) is 5.92 Å². The summed E-state index contributed by atoms with van der Waals surface area (Å²) in [5.74, 6) is 0.568. The smallest absolute Gasteiger partial charge is 0.257 e. The molecule has 1 saturated heterocycles. The molecule has 1 aliphatic rings. The van der Waals surface area contributed by atoms with E-state index in [9.17, 15) is 4.79 Å². The lowest BCUT2D eigenvalue weighted by atomic mass is 9.93. The fourth-order valence-electron chi connectivity index (χ4n) is 3.85. The summed E-state index contributed by atoms with van der Waals surface area (Å²) in [6.07, 6.45) is 6.51. The highest BCUT2D eigenvalue weighted by atomic mass is 16.2. The number of aromatic amines is 1. The minimum atomic E-state index is 0.113. The van der Waals surface area contributed by atoms with Crippen molar-refractivity contribution in [2.24, 2.45) is 0 Å². The number of nitrogens with zero attached hydrogens (tertiary/aromatic N) is 4. The Balaban J connectivity index is 1.43. The summed E-state index contributed by atoms with van der Waals surface area (Å²) in [7, 11) is 0. The predicted molar refractivity (Wildman–Crippen MR) is 101 cm³/mol. The van der Waals surface area contributed by atoms with E-state index in [-0.39, 0.29) is 5.91 Å². The van der Waals surface area contributed by atoms with Crippen LogP contribution in [0.5, 0.6) is 0 Å². The van der Waals surface area contributed by atoms with Crippen LogP contribution in [-0.4, -0.2) is 43.6 Å². The van der Waals surface area contributed by atoms with Crippen LogP contribution in [-0.2, 0) is 6.54 Å². The molecule has 1 N–H and O–H groups in total. The highest BCUT2D eigenvalue weighted by molar-refractivity contribution is 5.95. The fourth-order valence-corrected chi connectivity index (χ4v) is 3.85. The summed E-state index contributed by atoms with van der Waals surface area (Å²) in [6, 6.07) is 6.16. The third kappa shape index (κ3) is 3.00. The van der Waals surface area contributed by atoms with Gasteiger partial charge in [-0.2, -0.15) is 5.10 Å². The molecule has 0 aliphatic carbocycles. The maximum atomic E-state index is 12.9. The number of pyridine rings is 1. The number of amides is 1. The van der Waals surface area contributed by atoms with Gasteiger partial charge in [0.15, 0.2) is 0 Å². The van der Waals surface area contributed by atoms with Crippen molar-refractivity contribution in [1.29, 1.82) is 0 Å². The van der Waals surface area contributed by atoms with Crippen molar-refractivity contribution in [3.63, 3.8) is 0 Å². The molecule has 3 aromatic heterocycles. The third-order valence-corrected chi connectivity index (χ3v) is 5.40. The molecule has 0 saturated carbocycles. The number of carbonyl (C=O) groups excluding carboxylic acids is 1. The number of nitrogens with one attached hydrogen (secondary N) is 1.